The Labute approximate surface area is 167 Å². The second-order valence-electron chi connectivity index (χ2n) is 6.53. The fourth-order valence-electron chi connectivity index (χ4n) is 3.23. The molecule has 1 aliphatic heterocycles. The smallest absolute Gasteiger partial charge is 0.235 e. The highest BCUT2D eigenvalue weighted by atomic mass is 32.2. The number of methoxy groups -OCH3 is 1. The highest BCUT2D eigenvalue weighted by Crippen LogP contribution is 2.44. The largest absolute Gasteiger partial charge is 0.493 e. The summed E-state index contributed by atoms with van der Waals surface area (Å²) in [6, 6.07) is 15.9. The summed E-state index contributed by atoms with van der Waals surface area (Å²) in [6.45, 7) is 2.43. The Morgan fingerprint density at radius 1 is 1.18 bits per heavy atom. The lowest BCUT2D eigenvalue weighted by atomic mass is 10.0. The van der Waals surface area contributed by atoms with Gasteiger partial charge >= 0.3 is 0 Å². The van der Waals surface area contributed by atoms with E-state index in [1.807, 2.05) is 55.5 Å². The zero-order valence-corrected chi connectivity index (χ0v) is 16.5. The molecule has 4 rings (SSSR count). The summed E-state index contributed by atoms with van der Waals surface area (Å²) in [6.07, 6.45) is 0. The molecule has 7 heteroatoms. The summed E-state index contributed by atoms with van der Waals surface area (Å²) in [7, 11) is 1.63. The normalized spacial score (nSPS) is 16.1. The number of anilines is 1. The number of H-pyrrole nitrogens is 1. The number of carbonyl (C=O) groups is 1. The first-order valence-electron chi connectivity index (χ1n) is 8.96. The number of thioether (sulfide) groups is 1. The number of amides is 1. The van der Waals surface area contributed by atoms with Crippen molar-refractivity contribution in [3.8, 4) is 11.5 Å². The minimum Gasteiger partial charge on any atom is -0.493 e. The number of hydrogen-bond donors (Lipinski definition) is 2. The number of aromatic amines is 1. The molecular formula is C21H21N3O3S. The van der Waals surface area contributed by atoms with E-state index in [-0.39, 0.29) is 11.2 Å². The van der Waals surface area contributed by atoms with Crippen molar-refractivity contribution < 1.29 is 14.3 Å². The van der Waals surface area contributed by atoms with Gasteiger partial charge in [0.25, 0.3) is 0 Å². The van der Waals surface area contributed by atoms with E-state index in [0.29, 0.717) is 29.7 Å². The molecule has 1 aromatic heterocycles. The van der Waals surface area contributed by atoms with Crippen LogP contribution in [0.1, 0.15) is 27.6 Å². The number of carbonyl (C=O) groups excluding carboxylic acids is 1. The van der Waals surface area contributed by atoms with Crippen molar-refractivity contribution in [2.75, 3.05) is 18.2 Å². The van der Waals surface area contributed by atoms with Crippen LogP contribution in [-0.4, -0.2) is 29.0 Å². The Bertz CT molecular complexity index is 988. The average molecular weight is 395 g/mol. The Hall–Kier alpha value is -2.93. The van der Waals surface area contributed by atoms with Gasteiger partial charge in [-0.15, -0.1) is 11.8 Å². The molecule has 1 amide bonds. The van der Waals surface area contributed by atoms with E-state index in [4.69, 9.17) is 9.47 Å². The van der Waals surface area contributed by atoms with E-state index < -0.39 is 0 Å². The molecule has 1 atom stereocenters. The number of aryl methyl sites for hydroxylation is 1. The van der Waals surface area contributed by atoms with Crippen molar-refractivity contribution >= 4 is 23.5 Å². The quantitative estimate of drug-likeness (QED) is 0.681. The molecule has 0 saturated heterocycles. The number of nitrogens with one attached hydrogen (secondary N) is 2. The third kappa shape index (κ3) is 3.71. The van der Waals surface area contributed by atoms with Crippen molar-refractivity contribution in [3.63, 3.8) is 0 Å². The molecule has 0 aliphatic carbocycles. The van der Waals surface area contributed by atoms with Gasteiger partial charge in [0, 0.05) is 11.3 Å². The minimum absolute atomic E-state index is 0.0234. The molecule has 0 bridgehead atoms. The molecule has 28 heavy (non-hydrogen) atoms. The standard InChI is InChI=1S/C21H21N3O3S/c1-13-19-20(28-12-18(25)22-21(19)24-23-13)15-8-9-16(17(10-15)26-2)27-11-14-6-4-3-5-7-14/h3-10,20H,11-12H2,1-2H3,(H2,22,23,24,25)/t20-/m1/s1. The van der Waals surface area contributed by atoms with Crippen molar-refractivity contribution in [2.45, 2.75) is 18.8 Å². The van der Waals surface area contributed by atoms with Crippen LogP contribution in [0.2, 0.25) is 0 Å². The lowest BCUT2D eigenvalue weighted by molar-refractivity contribution is -0.113. The maximum atomic E-state index is 12.0. The first kappa shape index (κ1) is 18.4. The summed E-state index contributed by atoms with van der Waals surface area (Å²) < 4.78 is 11.5. The lowest BCUT2D eigenvalue weighted by Crippen LogP contribution is -2.12. The number of ether oxygens (including phenoxy) is 2. The first-order valence-corrected chi connectivity index (χ1v) is 10.0. The van der Waals surface area contributed by atoms with E-state index in [0.717, 1.165) is 22.4 Å². The second kappa shape index (κ2) is 7.98. The van der Waals surface area contributed by atoms with Crippen LogP contribution in [0.5, 0.6) is 11.5 Å². The molecule has 0 spiro atoms. The van der Waals surface area contributed by atoms with E-state index >= 15 is 0 Å². The number of rotatable bonds is 5. The monoisotopic (exact) mass is 395 g/mol. The molecular weight excluding hydrogens is 374 g/mol. The summed E-state index contributed by atoms with van der Waals surface area (Å²) in [5.41, 5.74) is 4.07. The molecule has 0 radical (unpaired) electrons. The first-order chi connectivity index (χ1) is 13.7. The molecule has 0 saturated carbocycles. The Morgan fingerprint density at radius 2 is 2.00 bits per heavy atom. The van der Waals surface area contributed by atoms with E-state index in [2.05, 4.69) is 15.5 Å². The molecule has 2 aromatic carbocycles. The minimum atomic E-state index is -0.0463. The predicted molar refractivity (Wildman–Crippen MR) is 110 cm³/mol. The zero-order valence-electron chi connectivity index (χ0n) is 15.7. The summed E-state index contributed by atoms with van der Waals surface area (Å²) >= 11 is 1.57. The van der Waals surface area contributed by atoms with Crippen LogP contribution >= 0.6 is 11.8 Å². The van der Waals surface area contributed by atoms with Crippen molar-refractivity contribution in [1.82, 2.24) is 10.2 Å². The summed E-state index contributed by atoms with van der Waals surface area (Å²) in [4.78, 5) is 12.0. The molecule has 2 N–H and O–H groups in total. The van der Waals surface area contributed by atoms with Crippen LogP contribution in [0, 0.1) is 6.92 Å². The summed E-state index contributed by atoms with van der Waals surface area (Å²) in [5.74, 6) is 2.28. The van der Waals surface area contributed by atoms with Gasteiger partial charge in [0.05, 0.1) is 18.1 Å². The molecule has 0 unspecified atom stereocenters. The third-order valence-electron chi connectivity index (χ3n) is 4.62. The zero-order chi connectivity index (χ0) is 19.5. The fourth-order valence-corrected chi connectivity index (χ4v) is 4.41. The summed E-state index contributed by atoms with van der Waals surface area (Å²) in [5, 5.41) is 10.1. The number of fused-ring (bicyclic) bond motifs is 1. The highest BCUT2D eigenvalue weighted by molar-refractivity contribution is 8.00. The van der Waals surface area contributed by atoms with Gasteiger partial charge in [0.1, 0.15) is 6.61 Å². The second-order valence-corrected chi connectivity index (χ2v) is 7.63. The molecule has 6 nitrogen and oxygen atoms in total. The van der Waals surface area contributed by atoms with Gasteiger partial charge < -0.3 is 14.8 Å². The number of nitrogens with zero attached hydrogens (tertiary/aromatic N) is 1. The van der Waals surface area contributed by atoms with Crippen LogP contribution in [0.4, 0.5) is 5.82 Å². The SMILES string of the molecule is COc1cc([C@H]2SCC(=O)Nc3n[nH]c(C)c32)ccc1OCc1ccccc1. The number of benzene rings is 2. The van der Waals surface area contributed by atoms with Crippen molar-refractivity contribution in [3.05, 3.63) is 70.9 Å². The van der Waals surface area contributed by atoms with E-state index in [1.165, 1.54) is 0 Å². The number of hydrogen-bond acceptors (Lipinski definition) is 5. The van der Waals surface area contributed by atoms with Gasteiger partial charge in [-0.25, -0.2) is 0 Å². The van der Waals surface area contributed by atoms with E-state index in [9.17, 15) is 4.79 Å². The van der Waals surface area contributed by atoms with Gasteiger partial charge in [-0.1, -0.05) is 36.4 Å². The molecule has 2 heterocycles. The van der Waals surface area contributed by atoms with Crippen LogP contribution in [0.15, 0.2) is 48.5 Å². The van der Waals surface area contributed by atoms with Crippen LogP contribution in [0.3, 0.4) is 0 Å². The molecule has 3 aromatic rings. The van der Waals surface area contributed by atoms with Gasteiger partial charge in [0.15, 0.2) is 17.3 Å². The van der Waals surface area contributed by atoms with Crippen LogP contribution in [-0.2, 0) is 11.4 Å². The van der Waals surface area contributed by atoms with Gasteiger partial charge in [0.2, 0.25) is 5.91 Å². The molecule has 1 aliphatic rings. The maximum Gasteiger partial charge on any atom is 0.235 e. The number of aromatic nitrogens is 2. The van der Waals surface area contributed by atoms with Crippen molar-refractivity contribution in [2.24, 2.45) is 0 Å². The van der Waals surface area contributed by atoms with Gasteiger partial charge in [-0.2, -0.15) is 5.10 Å². The molecule has 0 fully saturated rings. The third-order valence-corrected chi connectivity index (χ3v) is 5.89. The Morgan fingerprint density at radius 3 is 2.79 bits per heavy atom. The van der Waals surface area contributed by atoms with Crippen LogP contribution in [0.25, 0.3) is 0 Å². The maximum absolute atomic E-state index is 12.0. The average Bonchev–Trinajstić information content (AvgIpc) is 2.98. The van der Waals surface area contributed by atoms with E-state index in [1.54, 1.807) is 18.9 Å². The van der Waals surface area contributed by atoms with Gasteiger partial charge in [-0.3, -0.25) is 9.89 Å². The van der Waals surface area contributed by atoms with Crippen molar-refractivity contribution in [1.29, 1.82) is 0 Å². The molecule has 144 valence electrons. The lowest BCUT2D eigenvalue weighted by Gasteiger charge is -2.18. The van der Waals surface area contributed by atoms with Gasteiger partial charge in [-0.05, 0) is 30.2 Å². The Kier molecular flexibility index (Phi) is 5.25. The van der Waals surface area contributed by atoms with Crippen LogP contribution < -0.4 is 14.8 Å². The Balaban J connectivity index is 1.62. The fraction of sp³-hybridized carbons (Fsp3) is 0.238. The topological polar surface area (TPSA) is 76.2 Å². The highest BCUT2D eigenvalue weighted by Gasteiger charge is 2.28. The predicted octanol–water partition coefficient (Wildman–Crippen LogP) is 4.08.